The van der Waals surface area contributed by atoms with E-state index >= 15 is 4.39 Å². The first kappa shape index (κ1) is 31.2. The van der Waals surface area contributed by atoms with Crippen LogP contribution in [0.5, 0.6) is 0 Å². The molecule has 4 fully saturated rings. The van der Waals surface area contributed by atoms with Gasteiger partial charge >= 0.3 is 0 Å². The monoisotopic (exact) mass is 581 g/mol. The number of nitrogens with two attached hydrogens (primary N) is 2. The third-order valence-electron chi connectivity index (χ3n) is 10.7. The van der Waals surface area contributed by atoms with Crippen molar-refractivity contribution in [2.24, 2.45) is 27.8 Å². The maximum Gasteiger partial charge on any atom is 0.228 e. The minimum Gasteiger partial charge on any atom is -0.372 e. The van der Waals surface area contributed by atoms with Gasteiger partial charge in [0.2, 0.25) is 5.91 Å². The number of alkyl halides is 2. The summed E-state index contributed by atoms with van der Waals surface area (Å²) >= 11 is 0. The summed E-state index contributed by atoms with van der Waals surface area (Å²) in [4.78, 5) is 23.1. The van der Waals surface area contributed by atoms with E-state index in [1.807, 2.05) is 0 Å². The molecule has 2 spiro atoms. The molecule has 5 rings (SSSR count). The minimum absolute atomic E-state index is 0.0470. The van der Waals surface area contributed by atoms with Crippen molar-refractivity contribution in [2.75, 3.05) is 52.9 Å². The first-order chi connectivity index (χ1) is 19.7. The van der Waals surface area contributed by atoms with Gasteiger partial charge in [-0.1, -0.05) is 25.7 Å². The van der Waals surface area contributed by atoms with Gasteiger partial charge in [-0.2, -0.15) is 0 Å². The highest BCUT2D eigenvalue weighted by Gasteiger charge is 2.46. The van der Waals surface area contributed by atoms with Crippen LogP contribution in [0.1, 0.15) is 70.6 Å². The number of carbonyl (C=O) groups excluding carboxylic acids is 1. The number of hydrogen-bond donors (Lipinski definition) is 4. The van der Waals surface area contributed by atoms with Gasteiger partial charge in [0.05, 0.1) is 42.4 Å². The quantitative estimate of drug-likeness (QED) is 0.365. The van der Waals surface area contributed by atoms with E-state index in [1.54, 1.807) is 0 Å². The standard InChI is InChI=1S/C30H53F2N7O2/c1-38-14-15-41-30(20-38)10-12-39(13-11-30)26-22(32)18-35-19-24(26)37-28(40)25(27(33)34)23-16-29(7-4-2-3-5-8-29)9-6-21(31)17-36-23/h17,21-27,35H,2-16,18-20,33-34H2,1H3,(H,37,40)/b36-17-. The maximum absolute atomic E-state index is 15.6. The molecule has 9 nitrogen and oxygen atoms in total. The van der Waals surface area contributed by atoms with Gasteiger partial charge < -0.3 is 31.7 Å². The Kier molecular flexibility index (Phi) is 10.3. The number of morpholine rings is 1. The Hall–Kier alpha value is -1.24. The van der Waals surface area contributed by atoms with Crippen LogP contribution in [0.15, 0.2) is 4.99 Å². The Morgan fingerprint density at radius 1 is 1.07 bits per heavy atom. The van der Waals surface area contributed by atoms with Crippen molar-refractivity contribution < 1.29 is 18.3 Å². The van der Waals surface area contributed by atoms with E-state index in [0.717, 1.165) is 77.7 Å². The summed E-state index contributed by atoms with van der Waals surface area (Å²) in [6.07, 6.45) is 8.42. The van der Waals surface area contributed by atoms with Crippen molar-refractivity contribution in [3.63, 3.8) is 0 Å². The van der Waals surface area contributed by atoms with Crippen LogP contribution in [0.2, 0.25) is 0 Å². The van der Waals surface area contributed by atoms with E-state index in [1.165, 1.54) is 19.1 Å². The third kappa shape index (κ3) is 7.47. The highest BCUT2D eigenvalue weighted by atomic mass is 19.1. The molecule has 0 radical (unpaired) electrons. The van der Waals surface area contributed by atoms with Gasteiger partial charge in [-0.15, -0.1) is 0 Å². The Morgan fingerprint density at radius 3 is 2.49 bits per heavy atom. The van der Waals surface area contributed by atoms with Crippen molar-refractivity contribution in [3.05, 3.63) is 0 Å². The van der Waals surface area contributed by atoms with Crippen molar-refractivity contribution in [3.8, 4) is 0 Å². The van der Waals surface area contributed by atoms with Gasteiger partial charge in [-0.05, 0) is 57.4 Å². The van der Waals surface area contributed by atoms with Crippen LogP contribution in [0.3, 0.4) is 0 Å². The first-order valence-corrected chi connectivity index (χ1v) is 16.1. The van der Waals surface area contributed by atoms with E-state index < -0.39 is 42.6 Å². The Morgan fingerprint density at radius 2 is 1.80 bits per heavy atom. The fraction of sp³-hybridized carbons (Fsp3) is 0.933. The summed E-state index contributed by atoms with van der Waals surface area (Å²) in [6.45, 7) is 4.72. The molecule has 4 aliphatic heterocycles. The Labute approximate surface area is 244 Å². The normalized spacial score (nSPS) is 36.8. The number of likely N-dealkylation sites (N-methyl/N-ethyl adjacent to an activating group) is 1. The van der Waals surface area contributed by atoms with Gasteiger partial charge in [0.1, 0.15) is 12.3 Å². The van der Waals surface area contributed by atoms with Crippen molar-refractivity contribution in [1.29, 1.82) is 0 Å². The molecular weight excluding hydrogens is 528 g/mol. The lowest BCUT2D eigenvalue weighted by Gasteiger charge is -2.50. The van der Waals surface area contributed by atoms with Gasteiger partial charge in [0.15, 0.2) is 0 Å². The van der Waals surface area contributed by atoms with Crippen LogP contribution in [0.4, 0.5) is 8.78 Å². The molecule has 3 saturated heterocycles. The number of nitrogens with zero attached hydrogens (tertiary/aromatic N) is 3. The average molecular weight is 582 g/mol. The molecule has 6 unspecified atom stereocenters. The van der Waals surface area contributed by atoms with Crippen LogP contribution in [0.25, 0.3) is 0 Å². The van der Waals surface area contributed by atoms with Gasteiger partial charge in [-0.25, -0.2) is 8.78 Å². The highest BCUT2D eigenvalue weighted by molar-refractivity contribution is 5.81. The molecular formula is C30H53F2N7O2. The van der Waals surface area contributed by atoms with Crippen LogP contribution < -0.4 is 22.1 Å². The number of halogens is 2. The van der Waals surface area contributed by atoms with Gasteiger partial charge in [0.25, 0.3) is 0 Å². The molecule has 11 heteroatoms. The molecule has 1 aliphatic carbocycles. The maximum atomic E-state index is 15.6. The van der Waals surface area contributed by atoms with E-state index in [0.29, 0.717) is 19.4 Å². The minimum atomic E-state index is -1.13. The summed E-state index contributed by atoms with van der Waals surface area (Å²) < 4.78 is 36.5. The van der Waals surface area contributed by atoms with E-state index in [2.05, 4.69) is 32.5 Å². The molecule has 0 aromatic heterocycles. The van der Waals surface area contributed by atoms with Crippen LogP contribution in [0, 0.1) is 11.3 Å². The SMILES string of the molecule is CN1CCOC2(CCN(C3C(F)CNCC3NC(=O)C(C(N)N)C3CC4(CCCCCC4)CCC(F)/C=N\3)CC2)C1. The number of aliphatic imine (C=N–C) groups is 1. The lowest BCUT2D eigenvalue weighted by Crippen LogP contribution is -2.68. The molecule has 0 aromatic carbocycles. The number of piperidine rings is 2. The number of amides is 1. The number of rotatable bonds is 5. The molecule has 234 valence electrons. The summed E-state index contributed by atoms with van der Waals surface area (Å²) in [7, 11) is 2.12. The lowest BCUT2D eigenvalue weighted by molar-refractivity contribution is -0.140. The molecule has 0 aromatic rings. The fourth-order valence-corrected chi connectivity index (χ4v) is 8.41. The lowest BCUT2D eigenvalue weighted by atomic mass is 9.69. The van der Waals surface area contributed by atoms with Crippen molar-refractivity contribution in [1.82, 2.24) is 20.4 Å². The number of likely N-dealkylation sites (tertiary alicyclic amines) is 1. The zero-order chi connectivity index (χ0) is 29.0. The second-order valence-corrected chi connectivity index (χ2v) is 13.7. The molecule has 0 bridgehead atoms. The first-order valence-electron chi connectivity index (χ1n) is 16.1. The number of carbonyl (C=O) groups is 1. The molecule has 41 heavy (non-hydrogen) atoms. The van der Waals surface area contributed by atoms with E-state index in [-0.39, 0.29) is 23.5 Å². The molecule has 5 aliphatic rings. The number of nitrogens with one attached hydrogen (secondary N) is 2. The second-order valence-electron chi connectivity index (χ2n) is 13.7. The number of hydrogen-bond acceptors (Lipinski definition) is 8. The smallest absolute Gasteiger partial charge is 0.228 e. The van der Waals surface area contributed by atoms with Crippen molar-refractivity contribution >= 4 is 12.1 Å². The topological polar surface area (TPSA) is 121 Å². The van der Waals surface area contributed by atoms with E-state index in [4.69, 9.17) is 16.2 Å². The Balaban J connectivity index is 1.30. The van der Waals surface area contributed by atoms with Crippen LogP contribution in [-0.4, -0.2) is 117 Å². The Bertz CT molecular complexity index is 892. The van der Waals surface area contributed by atoms with Crippen molar-refractivity contribution in [2.45, 2.75) is 113 Å². The van der Waals surface area contributed by atoms with Crippen LogP contribution >= 0.6 is 0 Å². The van der Waals surface area contributed by atoms with E-state index in [9.17, 15) is 9.18 Å². The molecule has 6 N–H and O–H groups in total. The van der Waals surface area contributed by atoms with Gasteiger partial charge in [-0.3, -0.25) is 14.7 Å². The summed E-state index contributed by atoms with van der Waals surface area (Å²) in [6, 6.07) is -1.38. The molecule has 6 atom stereocenters. The molecule has 1 amide bonds. The average Bonchev–Trinajstić information content (AvgIpc) is 3.16. The highest BCUT2D eigenvalue weighted by Crippen LogP contribution is 2.45. The summed E-state index contributed by atoms with van der Waals surface area (Å²) in [5.74, 6) is -1.12. The zero-order valence-electron chi connectivity index (χ0n) is 24.9. The summed E-state index contributed by atoms with van der Waals surface area (Å²) in [5.41, 5.74) is 12.3. The predicted molar refractivity (Wildman–Crippen MR) is 157 cm³/mol. The molecule has 1 saturated carbocycles. The largest absolute Gasteiger partial charge is 0.372 e. The van der Waals surface area contributed by atoms with Crippen LogP contribution in [-0.2, 0) is 9.53 Å². The van der Waals surface area contributed by atoms with Gasteiger partial charge in [0, 0.05) is 45.5 Å². The summed E-state index contributed by atoms with van der Waals surface area (Å²) in [5, 5.41) is 6.31. The number of ether oxygens (including phenoxy) is 1. The molecule has 4 heterocycles. The third-order valence-corrected chi connectivity index (χ3v) is 10.7. The fourth-order valence-electron chi connectivity index (χ4n) is 8.41. The predicted octanol–water partition coefficient (Wildman–Crippen LogP) is 1.74. The zero-order valence-corrected chi connectivity index (χ0v) is 24.9. The second kappa shape index (κ2) is 13.6.